The first kappa shape index (κ1) is 15.2. The van der Waals surface area contributed by atoms with E-state index >= 15 is 0 Å². The summed E-state index contributed by atoms with van der Waals surface area (Å²) in [6.45, 7) is 8.15. The van der Waals surface area contributed by atoms with Crippen LogP contribution < -0.4 is 0 Å². The van der Waals surface area contributed by atoms with Crippen LogP contribution in [0, 0.1) is 0 Å². The van der Waals surface area contributed by atoms with Gasteiger partial charge < -0.3 is 14.4 Å². The molecule has 4 heteroatoms. The highest BCUT2D eigenvalue weighted by Gasteiger charge is 2.49. The average Bonchev–Trinajstić information content (AvgIpc) is 2.95. The van der Waals surface area contributed by atoms with E-state index in [0.29, 0.717) is 11.6 Å². The molecule has 0 aromatic carbocycles. The number of nitrogens with zero attached hydrogens (tertiary/aromatic N) is 2. The second-order valence-corrected chi connectivity index (χ2v) is 6.11. The van der Waals surface area contributed by atoms with Crippen molar-refractivity contribution < 1.29 is 9.47 Å². The SMILES string of the molecule is CCOCC12CCCN1C(CN(C)CCOC)CC2. The molecule has 2 rings (SSSR count). The van der Waals surface area contributed by atoms with Crippen molar-refractivity contribution in [2.75, 3.05) is 53.6 Å². The highest BCUT2D eigenvalue weighted by atomic mass is 16.5. The van der Waals surface area contributed by atoms with E-state index in [1.165, 1.54) is 32.2 Å². The largest absolute Gasteiger partial charge is 0.383 e. The maximum Gasteiger partial charge on any atom is 0.0650 e. The van der Waals surface area contributed by atoms with Crippen molar-refractivity contribution in [1.82, 2.24) is 9.80 Å². The Morgan fingerprint density at radius 2 is 2.21 bits per heavy atom. The summed E-state index contributed by atoms with van der Waals surface area (Å²) in [7, 11) is 3.98. The van der Waals surface area contributed by atoms with Gasteiger partial charge in [0.25, 0.3) is 0 Å². The lowest BCUT2D eigenvalue weighted by Gasteiger charge is -2.36. The molecule has 2 saturated heterocycles. The molecule has 0 bridgehead atoms. The fourth-order valence-electron chi connectivity index (χ4n) is 3.80. The van der Waals surface area contributed by atoms with E-state index in [2.05, 4.69) is 23.8 Å². The van der Waals surface area contributed by atoms with Gasteiger partial charge in [-0.1, -0.05) is 0 Å². The van der Waals surface area contributed by atoms with Gasteiger partial charge in [-0.05, 0) is 46.2 Å². The van der Waals surface area contributed by atoms with Crippen LogP contribution in [0.15, 0.2) is 0 Å². The van der Waals surface area contributed by atoms with Crippen LogP contribution >= 0.6 is 0 Å². The Morgan fingerprint density at radius 1 is 1.37 bits per heavy atom. The monoisotopic (exact) mass is 270 g/mol. The molecule has 2 aliphatic heterocycles. The summed E-state index contributed by atoms with van der Waals surface area (Å²) in [5.41, 5.74) is 0.364. The Bertz CT molecular complexity index is 275. The molecule has 2 fully saturated rings. The maximum absolute atomic E-state index is 5.77. The Kier molecular flexibility index (Phi) is 5.63. The van der Waals surface area contributed by atoms with Gasteiger partial charge in [-0.25, -0.2) is 0 Å². The van der Waals surface area contributed by atoms with E-state index in [1.54, 1.807) is 7.11 Å². The second kappa shape index (κ2) is 7.02. The molecule has 0 aromatic heterocycles. The normalized spacial score (nSPS) is 31.3. The van der Waals surface area contributed by atoms with E-state index in [1.807, 2.05) is 0 Å². The van der Waals surface area contributed by atoms with Gasteiger partial charge in [-0.3, -0.25) is 4.90 Å². The molecule has 2 heterocycles. The van der Waals surface area contributed by atoms with Crippen LogP contribution in [0.1, 0.15) is 32.6 Å². The highest BCUT2D eigenvalue weighted by Crippen LogP contribution is 2.42. The molecule has 0 radical (unpaired) electrons. The molecule has 2 atom stereocenters. The zero-order valence-electron chi connectivity index (χ0n) is 12.9. The van der Waals surface area contributed by atoms with Crippen molar-refractivity contribution in [2.24, 2.45) is 0 Å². The van der Waals surface area contributed by atoms with Gasteiger partial charge in [0.05, 0.1) is 13.2 Å². The Hall–Kier alpha value is -0.160. The Balaban J connectivity index is 1.87. The van der Waals surface area contributed by atoms with Crippen molar-refractivity contribution in [3.05, 3.63) is 0 Å². The minimum Gasteiger partial charge on any atom is -0.383 e. The third-order valence-electron chi connectivity index (χ3n) is 4.81. The van der Waals surface area contributed by atoms with E-state index < -0.39 is 0 Å². The number of hydrogen-bond donors (Lipinski definition) is 0. The minimum absolute atomic E-state index is 0.364. The Morgan fingerprint density at radius 3 is 2.95 bits per heavy atom. The molecule has 4 nitrogen and oxygen atoms in total. The molecule has 0 N–H and O–H groups in total. The Labute approximate surface area is 118 Å². The average molecular weight is 270 g/mol. The van der Waals surface area contributed by atoms with E-state index in [0.717, 1.165) is 32.9 Å². The molecule has 0 saturated carbocycles. The fourth-order valence-corrected chi connectivity index (χ4v) is 3.80. The van der Waals surface area contributed by atoms with Gasteiger partial charge in [0, 0.05) is 38.4 Å². The third-order valence-corrected chi connectivity index (χ3v) is 4.81. The van der Waals surface area contributed by atoms with Gasteiger partial charge in [0.1, 0.15) is 0 Å². The van der Waals surface area contributed by atoms with Gasteiger partial charge in [-0.15, -0.1) is 0 Å². The zero-order valence-corrected chi connectivity index (χ0v) is 12.9. The number of likely N-dealkylation sites (N-methyl/N-ethyl adjacent to an activating group) is 1. The fraction of sp³-hybridized carbons (Fsp3) is 1.00. The number of ether oxygens (including phenoxy) is 2. The summed E-state index contributed by atoms with van der Waals surface area (Å²) in [5, 5.41) is 0. The highest BCUT2D eigenvalue weighted by molar-refractivity contribution is 5.05. The summed E-state index contributed by atoms with van der Waals surface area (Å²) in [6, 6.07) is 0.713. The molecule has 0 spiro atoms. The van der Waals surface area contributed by atoms with Crippen LogP contribution in [-0.4, -0.2) is 75.0 Å². The molecule has 0 aliphatic carbocycles. The van der Waals surface area contributed by atoms with Crippen molar-refractivity contribution in [2.45, 2.75) is 44.2 Å². The third kappa shape index (κ3) is 3.48. The first-order chi connectivity index (χ1) is 9.22. The van der Waals surface area contributed by atoms with Crippen LogP contribution in [0.5, 0.6) is 0 Å². The standard InChI is InChI=1S/C15H30N2O2/c1-4-19-13-15-7-5-9-17(15)14(6-8-15)12-16(2)10-11-18-3/h14H,4-13H2,1-3H3. The molecule has 0 amide bonds. The quantitative estimate of drug-likeness (QED) is 0.669. The molecule has 2 aliphatic rings. The summed E-state index contributed by atoms with van der Waals surface area (Å²) >= 11 is 0. The second-order valence-electron chi connectivity index (χ2n) is 6.11. The minimum atomic E-state index is 0.364. The van der Waals surface area contributed by atoms with E-state index in [4.69, 9.17) is 9.47 Å². The van der Waals surface area contributed by atoms with Crippen molar-refractivity contribution >= 4 is 0 Å². The van der Waals surface area contributed by atoms with Crippen LogP contribution in [0.2, 0.25) is 0 Å². The van der Waals surface area contributed by atoms with Crippen LogP contribution in [0.3, 0.4) is 0 Å². The summed E-state index contributed by atoms with van der Waals surface area (Å²) in [4.78, 5) is 5.15. The summed E-state index contributed by atoms with van der Waals surface area (Å²) in [6.07, 6.45) is 5.30. The molecule has 112 valence electrons. The molecule has 0 aromatic rings. The van der Waals surface area contributed by atoms with Crippen LogP contribution in [0.4, 0.5) is 0 Å². The number of rotatable bonds is 8. The number of fused-ring (bicyclic) bond motifs is 1. The first-order valence-electron chi connectivity index (χ1n) is 7.74. The first-order valence-corrected chi connectivity index (χ1v) is 7.74. The van der Waals surface area contributed by atoms with E-state index in [9.17, 15) is 0 Å². The van der Waals surface area contributed by atoms with E-state index in [-0.39, 0.29) is 0 Å². The molecule has 2 unspecified atom stereocenters. The molecular formula is C15H30N2O2. The molecule has 19 heavy (non-hydrogen) atoms. The van der Waals surface area contributed by atoms with Gasteiger partial charge >= 0.3 is 0 Å². The zero-order chi connectivity index (χ0) is 13.7. The van der Waals surface area contributed by atoms with Crippen LogP contribution in [-0.2, 0) is 9.47 Å². The predicted molar refractivity (Wildman–Crippen MR) is 77.6 cm³/mol. The smallest absolute Gasteiger partial charge is 0.0650 e. The lowest BCUT2D eigenvalue weighted by Crippen LogP contribution is -2.48. The predicted octanol–water partition coefficient (Wildman–Crippen LogP) is 1.60. The van der Waals surface area contributed by atoms with Gasteiger partial charge in [-0.2, -0.15) is 0 Å². The summed E-state index contributed by atoms with van der Waals surface area (Å²) < 4.78 is 10.9. The van der Waals surface area contributed by atoms with Crippen LogP contribution in [0.25, 0.3) is 0 Å². The van der Waals surface area contributed by atoms with Gasteiger partial charge in [0.15, 0.2) is 0 Å². The lowest BCUT2D eigenvalue weighted by atomic mass is 9.95. The number of methoxy groups -OCH3 is 1. The van der Waals surface area contributed by atoms with Crippen molar-refractivity contribution in [1.29, 1.82) is 0 Å². The lowest BCUT2D eigenvalue weighted by molar-refractivity contribution is 0.0240. The van der Waals surface area contributed by atoms with Crippen molar-refractivity contribution in [3.8, 4) is 0 Å². The van der Waals surface area contributed by atoms with Gasteiger partial charge in [0.2, 0.25) is 0 Å². The summed E-state index contributed by atoms with van der Waals surface area (Å²) in [5.74, 6) is 0. The number of hydrogen-bond acceptors (Lipinski definition) is 4. The molecular weight excluding hydrogens is 240 g/mol. The topological polar surface area (TPSA) is 24.9 Å². The van der Waals surface area contributed by atoms with Crippen molar-refractivity contribution in [3.63, 3.8) is 0 Å². The maximum atomic E-state index is 5.77.